The van der Waals surface area contributed by atoms with E-state index in [1.165, 1.54) is 170 Å². The van der Waals surface area contributed by atoms with E-state index in [1.54, 1.807) is 0 Å². The van der Waals surface area contributed by atoms with Crippen molar-refractivity contribution in [1.82, 2.24) is 0 Å². The van der Waals surface area contributed by atoms with Gasteiger partial charge in [-0.25, -0.2) is 0 Å². The monoisotopic (exact) mass is 1420 g/mol. The van der Waals surface area contributed by atoms with Crippen LogP contribution in [0.2, 0.25) is 0 Å². The van der Waals surface area contributed by atoms with Gasteiger partial charge in [0.05, 0.1) is 16.5 Å². The van der Waals surface area contributed by atoms with Gasteiger partial charge in [-0.3, -0.25) is 0 Å². The Labute approximate surface area is 649 Å². The number of anilines is 6. The second-order valence-corrected chi connectivity index (χ2v) is 30.8. The molecule has 0 saturated heterocycles. The van der Waals surface area contributed by atoms with Gasteiger partial charge in [0.2, 0.25) is 0 Å². The van der Waals surface area contributed by atoms with E-state index in [-0.39, 0.29) is 0 Å². The van der Waals surface area contributed by atoms with Crippen LogP contribution < -0.4 is 9.80 Å². The summed E-state index contributed by atoms with van der Waals surface area (Å²) >= 11 is 0. The third-order valence-electron chi connectivity index (χ3n) is 25.3. The van der Waals surface area contributed by atoms with Crippen LogP contribution in [0.1, 0.15) is 44.5 Å². The average molecular weight is 1420 g/mol. The lowest BCUT2D eigenvalue weighted by atomic mass is 9.69. The molecule has 2 spiro atoms. The van der Waals surface area contributed by atoms with E-state index in [0.29, 0.717) is 0 Å². The van der Waals surface area contributed by atoms with Crippen LogP contribution in [0.5, 0.6) is 0 Å². The van der Waals surface area contributed by atoms with Crippen LogP contribution in [0.25, 0.3) is 143 Å². The molecule has 20 aromatic carbocycles. The maximum atomic E-state index is 2.57. The molecule has 0 radical (unpaired) electrons. The molecule has 112 heavy (non-hydrogen) atoms. The van der Waals surface area contributed by atoms with Crippen molar-refractivity contribution in [2.75, 3.05) is 9.80 Å². The minimum Gasteiger partial charge on any atom is -0.310 e. The summed E-state index contributed by atoms with van der Waals surface area (Å²) in [6, 6.07) is 156. The highest BCUT2D eigenvalue weighted by Gasteiger charge is 2.55. The zero-order valence-corrected chi connectivity index (χ0v) is 61.2. The van der Waals surface area contributed by atoms with Gasteiger partial charge in [-0.1, -0.05) is 309 Å². The highest BCUT2D eigenvalue weighted by molar-refractivity contribution is 6.24. The average Bonchev–Trinajstić information content (AvgIpc) is 1.50. The minimum absolute atomic E-state index is 0.558. The number of nitrogens with zero attached hydrogens (tertiary/aromatic N) is 2. The van der Waals surface area contributed by atoms with Crippen LogP contribution in [0.3, 0.4) is 0 Å². The van der Waals surface area contributed by atoms with E-state index in [1.807, 2.05) is 0 Å². The number of hydrogen-bond donors (Lipinski definition) is 0. The Hall–Kier alpha value is -14.4. The van der Waals surface area contributed by atoms with Gasteiger partial charge in [-0.05, 0) is 285 Å². The highest BCUT2D eigenvalue weighted by Crippen LogP contribution is 2.69. The summed E-state index contributed by atoms with van der Waals surface area (Å²) in [5.41, 5.74) is 33.4. The van der Waals surface area contributed by atoms with E-state index >= 15 is 0 Å². The Balaban J connectivity index is 0.662. The van der Waals surface area contributed by atoms with Crippen LogP contribution in [0.15, 0.2) is 413 Å². The van der Waals surface area contributed by atoms with E-state index in [4.69, 9.17) is 0 Å². The quantitative estimate of drug-likeness (QED) is 0.133. The van der Waals surface area contributed by atoms with Crippen molar-refractivity contribution in [2.45, 2.75) is 10.8 Å². The highest BCUT2D eigenvalue weighted by atomic mass is 15.1. The fourth-order valence-corrected chi connectivity index (χ4v) is 20.8. The first-order chi connectivity index (χ1) is 55.6. The molecule has 518 valence electrons. The fraction of sp³-hybridized carbons (Fsp3) is 0.0182. The van der Waals surface area contributed by atoms with Gasteiger partial charge in [-0.15, -0.1) is 0 Å². The Bertz CT molecular complexity index is 7300. The van der Waals surface area contributed by atoms with Crippen LogP contribution in [-0.2, 0) is 10.8 Å². The lowest BCUT2D eigenvalue weighted by molar-refractivity contribution is 0.803. The summed E-state index contributed by atoms with van der Waals surface area (Å²) in [5, 5.41) is 14.9. The molecule has 0 fully saturated rings. The molecule has 0 unspecified atom stereocenters. The fourth-order valence-electron chi connectivity index (χ4n) is 20.8. The second kappa shape index (κ2) is 24.0. The summed E-state index contributed by atoms with van der Waals surface area (Å²) in [6.07, 6.45) is 0. The van der Waals surface area contributed by atoms with Crippen LogP contribution >= 0.6 is 0 Å². The number of para-hydroxylation sites is 3. The molecule has 4 aliphatic rings. The summed E-state index contributed by atoms with van der Waals surface area (Å²) < 4.78 is 0. The van der Waals surface area contributed by atoms with E-state index < -0.39 is 10.8 Å². The predicted molar refractivity (Wildman–Crippen MR) is 470 cm³/mol. The second-order valence-electron chi connectivity index (χ2n) is 30.8. The summed E-state index contributed by atoms with van der Waals surface area (Å²) in [5.74, 6) is 0. The maximum absolute atomic E-state index is 2.57. The van der Waals surface area contributed by atoms with Gasteiger partial charge in [0.1, 0.15) is 0 Å². The molecule has 0 N–H and O–H groups in total. The van der Waals surface area contributed by atoms with E-state index in [0.717, 1.165) is 50.8 Å². The maximum Gasteiger partial charge on any atom is 0.0731 e. The van der Waals surface area contributed by atoms with Crippen molar-refractivity contribution >= 4 is 98.8 Å². The van der Waals surface area contributed by atoms with Gasteiger partial charge < -0.3 is 9.80 Å². The molecule has 0 aliphatic heterocycles. The summed E-state index contributed by atoms with van der Waals surface area (Å²) in [6.45, 7) is 0. The molecule has 0 aromatic heterocycles. The number of rotatable bonds is 9. The standard InChI is InChI=1S/C110H68N2/c1-4-28-69(29-5-1)71-33-27-39-80(62-71)111(78-35-6-2-7-36-78)81-56-58-92-94(67-81)84-41-12-14-47-90(84)106-97-64-75-55-54-74(61-77(75)66-103(97)110(108(92)106)100-51-23-18-45-88(100)89-46-19-24-52-101(89)110)70-32-26-34-76(60-70)83-40-20-25-53-104(83)112(79-37-8-3-9-38-79)82-57-59-93-95(68-82)85-42-13-15-48-91(85)105-96-63-72-30-10-11-31-73(72)65-102(96)109(107(93)105)98-49-21-16-43-86(98)87-44-17-22-50-99(87)109/h1-68H. The first kappa shape index (κ1) is 62.6. The van der Waals surface area contributed by atoms with Crippen molar-refractivity contribution in [3.8, 4) is 77.9 Å². The normalized spacial score (nSPS) is 13.3. The Morgan fingerprint density at radius 1 is 0.161 bits per heavy atom. The SMILES string of the molecule is c1ccc(-c2cccc(N(c3ccccc3)c3ccc4c5c(c6ccccc6c4c3)-c3cc4ccc(-c6cccc(-c7ccccc7N(c7ccccc7)c7ccc8c9c(c%10ccccc%10c8c7)-c7cc8ccccc8cc7C97c8ccccc8-c8ccccc87)c6)cc4cc3C53c4ccccc4-c4ccccc43)c2)cc1. The van der Waals surface area contributed by atoms with Gasteiger partial charge in [0.15, 0.2) is 0 Å². The van der Waals surface area contributed by atoms with Gasteiger partial charge >= 0.3 is 0 Å². The topological polar surface area (TPSA) is 6.48 Å². The molecule has 4 aliphatic carbocycles. The first-order valence-electron chi connectivity index (χ1n) is 39.1. The largest absolute Gasteiger partial charge is 0.310 e. The van der Waals surface area contributed by atoms with Crippen molar-refractivity contribution in [3.05, 3.63) is 457 Å². The number of benzene rings is 20. The molecular formula is C110H68N2. The van der Waals surface area contributed by atoms with Crippen LogP contribution in [0.4, 0.5) is 34.1 Å². The Kier molecular flexibility index (Phi) is 13.4. The molecule has 24 rings (SSSR count). The molecule has 2 nitrogen and oxygen atoms in total. The molecule has 0 bridgehead atoms. The third-order valence-corrected chi connectivity index (χ3v) is 25.3. The predicted octanol–water partition coefficient (Wildman–Crippen LogP) is 29.2. The number of fused-ring (bicyclic) bond motifs is 32. The van der Waals surface area contributed by atoms with Crippen molar-refractivity contribution < 1.29 is 0 Å². The molecule has 2 heteroatoms. The molecule has 0 atom stereocenters. The van der Waals surface area contributed by atoms with Crippen molar-refractivity contribution in [1.29, 1.82) is 0 Å². The van der Waals surface area contributed by atoms with Crippen molar-refractivity contribution in [3.63, 3.8) is 0 Å². The van der Waals surface area contributed by atoms with Crippen LogP contribution in [-0.4, -0.2) is 0 Å². The lowest BCUT2D eigenvalue weighted by Gasteiger charge is -2.32. The van der Waals surface area contributed by atoms with E-state index in [2.05, 4.69) is 422 Å². The summed E-state index contributed by atoms with van der Waals surface area (Å²) in [7, 11) is 0. The molecule has 0 saturated carbocycles. The first-order valence-corrected chi connectivity index (χ1v) is 39.1. The van der Waals surface area contributed by atoms with Gasteiger partial charge in [-0.2, -0.15) is 0 Å². The zero-order chi connectivity index (χ0) is 73.3. The summed E-state index contributed by atoms with van der Waals surface area (Å²) in [4.78, 5) is 4.92. The van der Waals surface area contributed by atoms with Crippen LogP contribution in [0, 0.1) is 0 Å². The smallest absolute Gasteiger partial charge is 0.0731 e. The van der Waals surface area contributed by atoms with E-state index in [9.17, 15) is 0 Å². The zero-order valence-electron chi connectivity index (χ0n) is 61.2. The van der Waals surface area contributed by atoms with Crippen molar-refractivity contribution in [2.24, 2.45) is 0 Å². The number of hydrogen-bond acceptors (Lipinski definition) is 2. The minimum atomic E-state index is -0.639. The van der Waals surface area contributed by atoms with Gasteiger partial charge in [0.25, 0.3) is 0 Å². The Morgan fingerprint density at radius 3 is 1.09 bits per heavy atom. The molecule has 20 aromatic rings. The lowest BCUT2D eigenvalue weighted by Crippen LogP contribution is -2.26. The molecule has 0 amide bonds. The third kappa shape index (κ3) is 8.75. The molecule has 0 heterocycles. The molecular weight excluding hydrogens is 1350 g/mol. The van der Waals surface area contributed by atoms with Gasteiger partial charge in [0, 0.05) is 34.0 Å². The Morgan fingerprint density at radius 2 is 0.536 bits per heavy atom.